The zero-order valence-electron chi connectivity index (χ0n) is 9.00. The van der Waals surface area contributed by atoms with Crippen molar-refractivity contribution in [1.82, 2.24) is 4.31 Å². The summed E-state index contributed by atoms with van der Waals surface area (Å²) in [5.41, 5.74) is 0. The van der Waals surface area contributed by atoms with Crippen LogP contribution in [0.5, 0.6) is 0 Å². The molecule has 0 aromatic heterocycles. The van der Waals surface area contributed by atoms with Crippen molar-refractivity contribution in [2.24, 2.45) is 0 Å². The predicted molar refractivity (Wildman–Crippen MR) is 57.4 cm³/mol. The summed E-state index contributed by atoms with van der Waals surface area (Å²) in [4.78, 5) is 10.4. The first-order valence-corrected chi connectivity index (χ1v) is 6.77. The fraction of sp³-hybridized carbons (Fsp3) is 0.889. The zero-order chi connectivity index (χ0) is 12.2. The molecule has 1 aliphatic carbocycles. The topological polar surface area (TPSA) is 94.9 Å². The lowest BCUT2D eigenvalue weighted by Gasteiger charge is -2.30. The van der Waals surface area contributed by atoms with Crippen LogP contribution in [0.3, 0.4) is 0 Å². The van der Waals surface area contributed by atoms with Gasteiger partial charge in [-0.1, -0.05) is 19.3 Å². The number of carbonyl (C=O) groups is 1. The number of aliphatic carboxylic acids is 1. The molecular weight excluding hydrogens is 234 g/mol. The van der Waals surface area contributed by atoms with Crippen molar-refractivity contribution in [2.75, 3.05) is 6.54 Å². The van der Waals surface area contributed by atoms with E-state index in [1.807, 2.05) is 0 Å². The highest BCUT2D eigenvalue weighted by atomic mass is 32.2. The van der Waals surface area contributed by atoms with Gasteiger partial charge in [0.25, 0.3) is 0 Å². The number of carboxylic acid groups (broad SMARTS) is 1. The van der Waals surface area contributed by atoms with Crippen LogP contribution in [0.2, 0.25) is 0 Å². The van der Waals surface area contributed by atoms with Gasteiger partial charge in [0, 0.05) is 12.6 Å². The Morgan fingerprint density at radius 2 is 1.81 bits per heavy atom. The quantitative estimate of drug-likeness (QED) is 0.708. The highest BCUT2D eigenvalue weighted by Crippen LogP contribution is 2.24. The third kappa shape index (κ3) is 4.07. The summed E-state index contributed by atoms with van der Waals surface area (Å²) in [6.45, 7) is -0.154. The molecule has 94 valence electrons. The molecular formula is C9H17NO5S. The second-order valence-electron chi connectivity index (χ2n) is 4.02. The van der Waals surface area contributed by atoms with E-state index in [1.165, 1.54) is 0 Å². The van der Waals surface area contributed by atoms with Crippen LogP contribution in [0.25, 0.3) is 0 Å². The molecule has 0 aromatic rings. The van der Waals surface area contributed by atoms with Crippen molar-refractivity contribution in [3.8, 4) is 0 Å². The van der Waals surface area contributed by atoms with Crippen LogP contribution in [-0.2, 0) is 15.1 Å². The Kier molecular flexibility index (Phi) is 4.69. The molecule has 0 bridgehead atoms. The maximum Gasteiger partial charge on any atom is 0.336 e. The summed E-state index contributed by atoms with van der Waals surface area (Å²) in [5, 5.41) is 8.52. The molecule has 1 saturated carbocycles. The Bertz CT molecular complexity index is 334. The van der Waals surface area contributed by atoms with Gasteiger partial charge in [-0.05, 0) is 12.8 Å². The van der Waals surface area contributed by atoms with Crippen LogP contribution < -0.4 is 0 Å². The average molecular weight is 251 g/mol. The van der Waals surface area contributed by atoms with Crippen LogP contribution in [0.1, 0.15) is 38.5 Å². The van der Waals surface area contributed by atoms with Gasteiger partial charge in [0.2, 0.25) is 0 Å². The Morgan fingerprint density at radius 3 is 2.25 bits per heavy atom. The smallest absolute Gasteiger partial charge is 0.336 e. The van der Waals surface area contributed by atoms with Crippen molar-refractivity contribution in [2.45, 2.75) is 44.6 Å². The van der Waals surface area contributed by atoms with Gasteiger partial charge in [-0.3, -0.25) is 9.35 Å². The van der Waals surface area contributed by atoms with Crippen LogP contribution >= 0.6 is 0 Å². The van der Waals surface area contributed by atoms with Crippen molar-refractivity contribution in [3.63, 3.8) is 0 Å². The van der Waals surface area contributed by atoms with E-state index < -0.39 is 16.3 Å². The van der Waals surface area contributed by atoms with Gasteiger partial charge in [0.15, 0.2) is 0 Å². The lowest BCUT2D eigenvalue weighted by Crippen LogP contribution is -2.42. The first-order valence-electron chi connectivity index (χ1n) is 5.37. The minimum absolute atomic E-state index is 0.154. The molecule has 0 aromatic carbocycles. The summed E-state index contributed by atoms with van der Waals surface area (Å²) in [6.07, 6.45) is 4.01. The van der Waals surface area contributed by atoms with E-state index in [0.717, 1.165) is 23.6 Å². The van der Waals surface area contributed by atoms with Gasteiger partial charge in [-0.25, -0.2) is 0 Å². The minimum Gasteiger partial charge on any atom is -0.481 e. The van der Waals surface area contributed by atoms with E-state index in [4.69, 9.17) is 9.66 Å². The van der Waals surface area contributed by atoms with Gasteiger partial charge in [-0.15, -0.1) is 0 Å². The molecule has 6 nitrogen and oxygen atoms in total. The molecule has 0 heterocycles. The normalized spacial score (nSPS) is 18.9. The predicted octanol–water partition coefficient (Wildman–Crippen LogP) is 0.899. The lowest BCUT2D eigenvalue weighted by atomic mass is 9.95. The summed E-state index contributed by atoms with van der Waals surface area (Å²) < 4.78 is 32.2. The second-order valence-corrected chi connectivity index (χ2v) is 5.39. The summed E-state index contributed by atoms with van der Waals surface area (Å²) in [5.74, 6) is -1.07. The number of rotatable bonds is 5. The van der Waals surface area contributed by atoms with Crippen LogP contribution in [-0.4, -0.2) is 40.9 Å². The van der Waals surface area contributed by atoms with Crippen molar-refractivity contribution in [3.05, 3.63) is 0 Å². The summed E-state index contributed by atoms with van der Waals surface area (Å²) in [6, 6.07) is -0.247. The molecule has 0 saturated heterocycles. The van der Waals surface area contributed by atoms with Gasteiger partial charge in [0.1, 0.15) is 0 Å². The Morgan fingerprint density at radius 1 is 1.25 bits per heavy atom. The van der Waals surface area contributed by atoms with Crippen LogP contribution in [0.15, 0.2) is 0 Å². The Labute approximate surface area is 95.1 Å². The van der Waals surface area contributed by atoms with Gasteiger partial charge in [-0.2, -0.15) is 12.7 Å². The number of hydrogen-bond donors (Lipinski definition) is 2. The van der Waals surface area contributed by atoms with E-state index in [2.05, 4.69) is 0 Å². The molecule has 0 amide bonds. The largest absolute Gasteiger partial charge is 0.481 e. The summed E-state index contributed by atoms with van der Waals surface area (Å²) >= 11 is 0. The maximum atomic E-state index is 11.1. The Hall–Kier alpha value is -0.660. The average Bonchev–Trinajstić information content (AvgIpc) is 2.17. The van der Waals surface area contributed by atoms with Crippen LogP contribution in [0.4, 0.5) is 0 Å². The molecule has 2 N–H and O–H groups in total. The fourth-order valence-electron chi connectivity index (χ4n) is 2.06. The van der Waals surface area contributed by atoms with Gasteiger partial charge in [0.05, 0.1) is 6.42 Å². The number of hydrogen-bond acceptors (Lipinski definition) is 3. The molecule has 0 aliphatic heterocycles. The zero-order valence-corrected chi connectivity index (χ0v) is 9.82. The van der Waals surface area contributed by atoms with E-state index in [1.54, 1.807) is 0 Å². The van der Waals surface area contributed by atoms with E-state index in [0.29, 0.717) is 12.8 Å². The highest BCUT2D eigenvalue weighted by molar-refractivity contribution is 7.83. The fourth-order valence-corrected chi connectivity index (χ4v) is 2.97. The molecule has 1 aliphatic rings. The van der Waals surface area contributed by atoms with E-state index in [-0.39, 0.29) is 19.0 Å². The molecule has 16 heavy (non-hydrogen) atoms. The third-order valence-electron chi connectivity index (χ3n) is 2.82. The molecule has 1 rings (SSSR count). The number of nitrogens with zero attached hydrogens (tertiary/aromatic N) is 1. The molecule has 0 atom stereocenters. The molecule has 1 fully saturated rings. The molecule has 7 heteroatoms. The van der Waals surface area contributed by atoms with E-state index >= 15 is 0 Å². The van der Waals surface area contributed by atoms with Crippen LogP contribution in [0, 0.1) is 0 Å². The van der Waals surface area contributed by atoms with Gasteiger partial charge >= 0.3 is 16.3 Å². The monoisotopic (exact) mass is 251 g/mol. The van der Waals surface area contributed by atoms with Crippen molar-refractivity contribution in [1.29, 1.82) is 0 Å². The molecule has 0 radical (unpaired) electrons. The highest BCUT2D eigenvalue weighted by Gasteiger charge is 2.29. The summed E-state index contributed by atoms with van der Waals surface area (Å²) in [7, 11) is -4.29. The maximum absolute atomic E-state index is 11.1. The molecule has 0 spiro atoms. The second kappa shape index (κ2) is 5.60. The van der Waals surface area contributed by atoms with Crippen molar-refractivity contribution < 1.29 is 22.9 Å². The lowest BCUT2D eigenvalue weighted by molar-refractivity contribution is -0.137. The van der Waals surface area contributed by atoms with Gasteiger partial charge < -0.3 is 5.11 Å². The van der Waals surface area contributed by atoms with E-state index in [9.17, 15) is 13.2 Å². The molecule has 0 unspecified atom stereocenters. The number of carboxylic acids is 1. The minimum atomic E-state index is -4.29. The third-order valence-corrected chi connectivity index (χ3v) is 3.90. The first kappa shape index (κ1) is 13.4. The standard InChI is InChI=1S/C9H17NO5S/c11-9(12)6-7-10(16(13,14)15)8-4-2-1-3-5-8/h8H,1-7H2,(H,11,12)(H,13,14,15). The Balaban J connectivity index is 2.66. The first-order chi connectivity index (χ1) is 7.41. The SMILES string of the molecule is O=C(O)CCN(C1CCCCC1)S(=O)(=O)O. The van der Waals surface area contributed by atoms with Crippen molar-refractivity contribution >= 4 is 16.3 Å².